The molecule has 0 spiro atoms. The highest BCUT2D eigenvalue weighted by Crippen LogP contribution is 2.35. The minimum absolute atomic E-state index is 0.00851. The average molecular weight is 292 g/mol. The zero-order chi connectivity index (χ0) is 15.4. The lowest BCUT2D eigenvalue weighted by molar-refractivity contribution is -0.142. The highest BCUT2D eigenvalue weighted by molar-refractivity contribution is 5.90. The Morgan fingerprint density at radius 2 is 2.00 bits per heavy atom. The molecule has 0 aliphatic heterocycles. The van der Waals surface area contributed by atoms with Crippen molar-refractivity contribution in [3.8, 4) is 11.5 Å². The van der Waals surface area contributed by atoms with Crippen molar-refractivity contribution < 1.29 is 23.4 Å². The van der Waals surface area contributed by atoms with Gasteiger partial charge in [-0.05, 0) is 24.6 Å². The lowest BCUT2D eigenvalue weighted by Gasteiger charge is -2.11. The fourth-order valence-electron chi connectivity index (χ4n) is 2.12. The largest absolute Gasteiger partial charge is 0.493 e. The molecule has 1 aromatic heterocycles. The molecule has 0 radical (unpaired) electrons. The summed E-state index contributed by atoms with van der Waals surface area (Å²) in [6, 6.07) is 4.69. The Morgan fingerprint density at radius 3 is 2.62 bits per heavy atom. The Balaban J connectivity index is 2.62. The molecule has 0 unspecified atom stereocenters. The van der Waals surface area contributed by atoms with E-state index in [0.717, 1.165) is 0 Å². The van der Waals surface area contributed by atoms with Crippen LogP contribution in [0.15, 0.2) is 27.4 Å². The van der Waals surface area contributed by atoms with Crippen LogP contribution in [0.3, 0.4) is 0 Å². The summed E-state index contributed by atoms with van der Waals surface area (Å²) in [5, 5.41) is 0.611. The number of hydrogen-bond acceptors (Lipinski definition) is 6. The molecule has 0 aliphatic carbocycles. The molecule has 6 heteroatoms. The second-order valence-corrected chi connectivity index (χ2v) is 4.25. The van der Waals surface area contributed by atoms with Crippen molar-refractivity contribution in [3.63, 3.8) is 0 Å². The van der Waals surface area contributed by atoms with Gasteiger partial charge in [-0.25, -0.2) is 4.79 Å². The molecule has 0 saturated heterocycles. The van der Waals surface area contributed by atoms with E-state index in [9.17, 15) is 9.59 Å². The molecule has 0 amide bonds. The first kappa shape index (κ1) is 14.9. The predicted octanol–water partition coefficient (Wildman–Crippen LogP) is 1.92. The highest BCUT2D eigenvalue weighted by atomic mass is 16.5. The Hall–Kier alpha value is -2.50. The molecule has 0 atom stereocenters. The van der Waals surface area contributed by atoms with Gasteiger partial charge in [-0.2, -0.15) is 0 Å². The zero-order valence-electron chi connectivity index (χ0n) is 12.1. The molecule has 6 nitrogen and oxygen atoms in total. The molecule has 0 fully saturated rings. The van der Waals surface area contributed by atoms with E-state index < -0.39 is 11.6 Å². The Morgan fingerprint density at radius 1 is 1.24 bits per heavy atom. The van der Waals surface area contributed by atoms with E-state index in [0.29, 0.717) is 22.4 Å². The average Bonchev–Trinajstić information content (AvgIpc) is 2.45. The summed E-state index contributed by atoms with van der Waals surface area (Å²) in [5.74, 6) is 0.360. The van der Waals surface area contributed by atoms with Crippen LogP contribution in [0.1, 0.15) is 12.5 Å². The molecule has 2 rings (SSSR count). The lowest BCUT2D eigenvalue weighted by atomic mass is 10.1. The van der Waals surface area contributed by atoms with Crippen LogP contribution < -0.4 is 15.1 Å². The molecular formula is C15H16O6. The molecule has 21 heavy (non-hydrogen) atoms. The third kappa shape index (κ3) is 2.99. The SMILES string of the molecule is CCOC(=O)Cc1cc(=O)oc2c(OC)c(OC)ccc12. The van der Waals surface area contributed by atoms with Crippen molar-refractivity contribution in [2.24, 2.45) is 0 Å². The van der Waals surface area contributed by atoms with Gasteiger partial charge < -0.3 is 18.6 Å². The standard InChI is InChI=1S/C15H16O6/c1-4-20-12(16)7-9-8-13(17)21-14-10(9)5-6-11(18-2)15(14)19-3/h5-6,8H,4,7H2,1-3H3. The molecule has 0 bridgehead atoms. The van der Waals surface area contributed by atoms with Gasteiger partial charge in [-0.15, -0.1) is 0 Å². The first-order chi connectivity index (χ1) is 10.1. The fraction of sp³-hybridized carbons (Fsp3) is 0.333. The summed E-state index contributed by atoms with van der Waals surface area (Å²) >= 11 is 0. The van der Waals surface area contributed by atoms with Gasteiger partial charge in [0.1, 0.15) is 0 Å². The van der Waals surface area contributed by atoms with Crippen molar-refractivity contribution in [2.75, 3.05) is 20.8 Å². The van der Waals surface area contributed by atoms with Gasteiger partial charge in [-0.3, -0.25) is 4.79 Å². The quantitative estimate of drug-likeness (QED) is 0.619. The molecule has 0 N–H and O–H groups in total. The van der Waals surface area contributed by atoms with Crippen LogP contribution in [0.2, 0.25) is 0 Å². The molecule has 1 heterocycles. The molecular weight excluding hydrogens is 276 g/mol. The number of esters is 1. The first-order valence-corrected chi connectivity index (χ1v) is 6.44. The van der Waals surface area contributed by atoms with Crippen molar-refractivity contribution >= 4 is 16.9 Å². The van der Waals surface area contributed by atoms with Crippen LogP contribution in [0.5, 0.6) is 11.5 Å². The highest BCUT2D eigenvalue weighted by Gasteiger charge is 2.17. The number of fused-ring (bicyclic) bond motifs is 1. The summed E-state index contributed by atoms with van der Waals surface area (Å²) in [6.45, 7) is 2.01. The van der Waals surface area contributed by atoms with E-state index in [2.05, 4.69) is 0 Å². The van der Waals surface area contributed by atoms with E-state index >= 15 is 0 Å². The Kier molecular flexibility index (Phi) is 4.47. The first-order valence-electron chi connectivity index (χ1n) is 6.44. The summed E-state index contributed by atoms with van der Waals surface area (Å²) in [6.07, 6.45) is -0.00851. The number of methoxy groups -OCH3 is 2. The van der Waals surface area contributed by atoms with Crippen molar-refractivity contribution in [1.82, 2.24) is 0 Å². The minimum atomic E-state index is -0.562. The van der Waals surface area contributed by atoms with Crippen LogP contribution in [-0.4, -0.2) is 26.8 Å². The summed E-state index contributed by atoms with van der Waals surface area (Å²) in [5.41, 5.74) is 0.220. The van der Waals surface area contributed by atoms with Gasteiger partial charge in [0.15, 0.2) is 11.3 Å². The summed E-state index contributed by atoms with van der Waals surface area (Å²) < 4.78 is 20.5. The van der Waals surface area contributed by atoms with Gasteiger partial charge in [0.25, 0.3) is 0 Å². The second-order valence-electron chi connectivity index (χ2n) is 4.25. The van der Waals surface area contributed by atoms with E-state index in [1.165, 1.54) is 20.3 Å². The predicted molar refractivity (Wildman–Crippen MR) is 75.9 cm³/mol. The number of carbonyl (C=O) groups is 1. The Bertz CT molecular complexity index is 716. The fourth-order valence-corrected chi connectivity index (χ4v) is 2.12. The van der Waals surface area contributed by atoms with E-state index in [1.54, 1.807) is 19.1 Å². The van der Waals surface area contributed by atoms with Crippen LogP contribution in [0.25, 0.3) is 11.0 Å². The molecule has 1 aromatic carbocycles. The van der Waals surface area contributed by atoms with Crippen LogP contribution in [0, 0.1) is 0 Å². The zero-order valence-corrected chi connectivity index (χ0v) is 12.1. The van der Waals surface area contributed by atoms with Crippen LogP contribution in [0.4, 0.5) is 0 Å². The maximum atomic E-state index is 11.7. The number of ether oxygens (including phenoxy) is 3. The number of benzene rings is 1. The third-order valence-corrected chi connectivity index (χ3v) is 2.98. The summed E-state index contributed by atoms with van der Waals surface area (Å²) in [4.78, 5) is 23.3. The molecule has 2 aromatic rings. The van der Waals surface area contributed by atoms with Gasteiger partial charge in [0.2, 0.25) is 5.75 Å². The second kappa shape index (κ2) is 6.30. The topological polar surface area (TPSA) is 75.0 Å². The normalized spacial score (nSPS) is 10.4. The van der Waals surface area contributed by atoms with E-state index in [4.69, 9.17) is 18.6 Å². The van der Waals surface area contributed by atoms with Gasteiger partial charge >= 0.3 is 11.6 Å². The lowest BCUT2D eigenvalue weighted by Crippen LogP contribution is -2.10. The van der Waals surface area contributed by atoms with Gasteiger partial charge in [0.05, 0.1) is 27.2 Å². The van der Waals surface area contributed by atoms with E-state index in [1.807, 2.05) is 0 Å². The van der Waals surface area contributed by atoms with E-state index in [-0.39, 0.29) is 18.6 Å². The van der Waals surface area contributed by atoms with Crippen molar-refractivity contribution in [2.45, 2.75) is 13.3 Å². The summed E-state index contributed by atoms with van der Waals surface area (Å²) in [7, 11) is 2.94. The minimum Gasteiger partial charge on any atom is -0.493 e. The third-order valence-electron chi connectivity index (χ3n) is 2.98. The molecule has 112 valence electrons. The monoisotopic (exact) mass is 292 g/mol. The Labute approximate surface area is 121 Å². The smallest absolute Gasteiger partial charge is 0.336 e. The van der Waals surface area contributed by atoms with Crippen LogP contribution in [-0.2, 0) is 16.0 Å². The maximum Gasteiger partial charge on any atom is 0.336 e. The number of carbonyl (C=O) groups excluding carboxylic acids is 1. The van der Waals surface area contributed by atoms with Crippen molar-refractivity contribution in [3.05, 3.63) is 34.2 Å². The molecule has 0 saturated carbocycles. The van der Waals surface area contributed by atoms with Crippen molar-refractivity contribution in [1.29, 1.82) is 0 Å². The number of hydrogen-bond donors (Lipinski definition) is 0. The maximum absolute atomic E-state index is 11.7. The van der Waals surface area contributed by atoms with Gasteiger partial charge in [-0.1, -0.05) is 0 Å². The number of rotatable bonds is 5. The van der Waals surface area contributed by atoms with Crippen LogP contribution >= 0.6 is 0 Å². The molecule has 0 aliphatic rings. The van der Waals surface area contributed by atoms with Gasteiger partial charge in [0, 0.05) is 11.5 Å².